The Morgan fingerprint density at radius 1 is 1.03 bits per heavy atom. The van der Waals surface area contributed by atoms with Gasteiger partial charge in [0.05, 0.1) is 17.1 Å². The molecule has 10 nitrogen and oxygen atoms in total. The number of aromatic nitrogens is 3. The van der Waals surface area contributed by atoms with E-state index in [-0.39, 0.29) is 30.3 Å². The van der Waals surface area contributed by atoms with Crippen LogP contribution in [0.3, 0.4) is 0 Å². The summed E-state index contributed by atoms with van der Waals surface area (Å²) in [6.07, 6.45) is 2.70. The number of hydrogen-bond acceptors (Lipinski definition) is 7. The van der Waals surface area contributed by atoms with E-state index in [4.69, 9.17) is 0 Å². The highest BCUT2D eigenvalue weighted by Gasteiger charge is 2.39. The largest absolute Gasteiger partial charge is 0.368 e. The van der Waals surface area contributed by atoms with Gasteiger partial charge in [-0.2, -0.15) is 4.31 Å². The molecule has 0 spiro atoms. The van der Waals surface area contributed by atoms with Crippen LogP contribution in [-0.2, 0) is 34.2 Å². The van der Waals surface area contributed by atoms with Crippen LogP contribution in [0.4, 0.5) is 0 Å². The third-order valence-corrected chi connectivity index (χ3v) is 8.35. The standard InChI is InChI=1S/C25H29N7O3S/c1-18-2-8-22(9-3-18)36(34,35)32-15-13-28-25(33)23(32)16-21-17-31(30-29-21)14-10-19-4-6-20(7-5-19)24-26-11-12-27-24/h2-9,17,23H,10-16H2,1H3,(H,26,27)(H,28,33). The van der Waals surface area contributed by atoms with Crippen LogP contribution >= 0.6 is 0 Å². The maximum atomic E-state index is 13.3. The normalized spacial score (nSPS) is 18.5. The van der Waals surface area contributed by atoms with E-state index in [2.05, 4.69) is 50.2 Å². The molecule has 1 saturated heterocycles. The number of carbonyl (C=O) groups excluding carboxylic acids is 1. The van der Waals surface area contributed by atoms with Gasteiger partial charge in [0, 0.05) is 44.4 Å². The maximum absolute atomic E-state index is 13.3. The first kappa shape index (κ1) is 24.1. The van der Waals surface area contributed by atoms with E-state index in [0.29, 0.717) is 12.2 Å². The molecule has 2 aliphatic rings. The fraction of sp³-hybridized carbons (Fsp3) is 0.360. The van der Waals surface area contributed by atoms with Crippen molar-refractivity contribution >= 4 is 21.8 Å². The Morgan fingerprint density at radius 3 is 2.53 bits per heavy atom. The Balaban J connectivity index is 1.25. The lowest BCUT2D eigenvalue weighted by molar-refractivity contribution is -0.126. The lowest BCUT2D eigenvalue weighted by Crippen LogP contribution is -2.57. The molecule has 5 rings (SSSR count). The molecule has 1 unspecified atom stereocenters. The highest BCUT2D eigenvalue weighted by atomic mass is 32.2. The molecule has 36 heavy (non-hydrogen) atoms. The van der Waals surface area contributed by atoms with Gasteiger partial charge >= 0.3 is 0 Å². The summed E-state index contributed by atoms with van der Waals surface area (Å²) in [6, 6.07) is 14.1. The lowest BCUT2D eigenvalue weighted by atomic mass is 10.1. The highest BCUT2D eigenvalue weighted by molar-refractivity contribution is 7.89. The van der Waals surface area contributed by atoms with Crippen molar-refractivity contribution < 1.29 is 13.2 Å². The topological polar surface area (TPSA) is 122 Å². The van der Waals surface area contributed by atoms with Gasteiger partial charge in [0.2, 0.25) is 15.9 Å². The number of rotatable bonds is 8. The van der Waals surface area contributed by atoms with Crippen LogP contribution in [0.25, 0.3) is 0 Å². The summed E-state index contributed by atoms with van der Waals surface area (Å²) in [4.78, 5) is 17.3. The fourth-order valence-electron chi connectivity index (χ4n) is 4.43. The average molecular weight is 508 g/mol. The molecule has 2 aromatic carbocycles. The number of nitrogens with one attached hydrogen (secondary N) is 2. The number of nitrogens with zero attached hydrogens (tertiary/aromatic N) is 5. The van der Waals surface area contributed by atoms with Crippen molar-refractivity contribution in [1.82, 2.24) is 29.9 Å². The van der Waals surface area contributed by atoms with Crippen molar-refractivity contribution in [2.24, 2.45) is 4.99 Å². The predicted octanol–water partition coefficient (Wildman–Crippen LogP) is 0.911. The molecule has 11 heteroatoms. The van der Waals surface area contributed by atoms with Gasteiger partial charge in [-0.1, -0.05) is 47.2 Å². The molecule has 0 radical (unpaired) electrons. The summed E-state index contributed by atoms with van der Waals surface area (Å²) >= 11 is 0. The number of piperazine rings is 1. The van der Waals surface area contributed by atoms with Crippen LogP contribution < -0.4 is 10.6 Å². The second-order valence-corrected chi connectivity index (χ2v) is 10.9. The summed E-state index contributed by atoms with van der Waals surface area (Å²) in [5.74, 6) is 0.612. The van der Waals surface area contributed by atoms with Gasteiger partial charge in [-0.3, -0.25) is 14.5 Å². The quantitative estimate of drug-likeness (QED) is 0.468. The van der Waals surface area contributed by atoms with E-state index in [1.54, 1.807) is 35.1 Å². The average Bonchev–Trinajstić information content (AvgIpc) is 3.57. The summed E-state index contributed by atoms with van der Waals surface area (Å²) in [6.45, 7) is 4.69. The van der Waals surface area contributed by atoms with E-state index in [9.17, 15) is 13.2 Å². The van der Waals surface area contributed by atoms with E-state index < -0.39 is 16.1 Å². The van der Waals surface area contributed by atoms with Crippen molar-refractivity contribution in [3.63, 3.8) is 0 Å². The first-order valence-electron chi connectivity index (χ1n) is 12.0. The minimum Gasteiger partial charge on any atom is -0.368 e. The summed E-state index contributed by atoms with van der Waals surface area (Å²) in [5.41, 5.74) is 3.78. The van der Waals surface area contributed by atoms with Gasteiger partial charge in [0.15, 0.2) is 0 Å². The predicted molar refractivity (Wildman–Crippen MR) is 135 cm³/mol. The molecule has 3 heterocycles. The number of amides is 1. The molecule has 2 aliphatic heterocycles. The van der Waals surface area contributed by atoms with E-state index >= 15 is 0 Å². The zero-order valence-corrected chi connectivity index (χ0v) is 20.9. The molecule has 0 bridgehead atoms. The van der Waals surface area contributed by atoms with E-state index in [1.807, 2.05) is 6.92 Å². The molecule has 0 aliphatic carbocycles. The second kappa shape index (κ2) is 10.2. The first-order valence-corrected chi connectivity index (χ1v) is 13.5. The molecule has 1 atom stereocenters. The first-order chi connectivity index (χ1) is 17.4. The highest BCUT2D eigenvalue weighted by Crippen LogP contribution is 2.22. The Labute approximate surface area is 210 Å². The van der Waals surface area contributed by atoms with Crippen LogP contribution in [-0.4, -0.2) is 71.7 Å². The third kappa shape index (κ3) is 5.17. The number of aryl methyl sites for hydroxylation is 3. The molecule has 1 aromatic heterocycles. The van der Waals surface area contributed by atoms with Crippen molar-refractivity contribution in [2.45, 2.75) is 37.2 Å². The zero-order valence-electron chi connectivity index (χ0n) is 20.1. The number of aliphatic imine (C=N–C) groups is 1. The zero-order chi connectivity index (χ0) is 25.1. The molecular weight excluding hydrogens is 478 g/mol. The van der Waals surface area contributed by atoms with Gasteiger partial charge in [0.1, 0.15) is 11.9 Å². The van der Waals surface area contributed by atoms with Crippen LogP contribution in [0, 0.1) is 6.92 Å². The Hall–Kier alpha value is -3.57. The number of hydrogen-bond donors (Lipinski definition) is 2. The Kier molecular flexibility index (Phi) is 6.84. The number of amidine groups is 1. The van der Waals surface area contributed by atoms with Gasteiger partial charge in [-0.15, -0.1) is 5.10 Å². The molecule has 0 saturated carbocycles. The van der Waals surface area contributed by atoms with E-state index in [1.165, 1.54) is 4.31 Å². The molecule has 3 aromatic rings. The SMILES string of the molecule is Cc1ccc(S(=O)(=O)N2CCNC(=O)C2Cc2cn(CCc3ccc(C4=NCCN4)cc3)nn2)cc1. The van der Waals surface area contributed by atoms with Crippen molar-refractivity contribution in [3.8, 4) is 0 Å². The van der Waals surface area contributed by atoms with Crippen molar-refractivity contribution in [2.75, 3.05) is 26.2 Å². The number of benzene rings is 2. The van der Waals surface area contributed by atoms with Crippen LogP contribution in [0.15, 0.2) is 64.6 Å². The lowest BCUT2D eigenvalue weighted by Gasteiger charge is -2.33. The summed E-state index contributed by atoms with van der Waals surface area (Å²) < 4.78 is 29.6. The van der Waals surface area contributed by atoms with Crippen LogP contribution in [0.5, 0.6) is 0 Å². The van der Waals surface area contributed by atoms with E-state index in [0.717, 1.165) is 42.0 Å². The van der Waals surface area contributed by atoms with Crippen molar-refractivity contribution in [1.29, 1.82) is 0 Å². The van der Waals surface area contributed by atoms with Gasteiger partial charge in [0.25, 0.3) is 0 Å². The second-order valence-electron chi connectivity index (χ2n) is 9.02. The molecule has 188 valence electrons. The molecule has 1 fully saturated rings. The Bertz CT molecular complexity index is 1370. The smallest absolute Gasteiger partial charge is 0.243 e. The van der Waals surface area contributed by atoms with Crippen molar-refractivity contribution in [3.05, 3.63) is 77.1 Å². The fourth-order valence-corrected chi connectivity index (χ4v) is 6.01. The summed E-state index contributed by atoms with van der Waals surface area (Å²) in [5, 5.41) is 14.5. The molecular formula is C25H29N7O3S. The van der Waals surface area contributed by atoms with Gasteiger partial charge in [-0.25, -0.2) is 8.42 Å². The minimum atomic E-state index is -3.83. The van der Waals surface area contributed by atoms with Gasteiger partial charge in [-0.05, 0) is 31.0 Å². The van der Waals surface area contributed by atoms with Gasteiger partial charge < -0.3 is 10.6 Å². The molecule has 1 amide bonds. The summed E-state index contributed by atoms with van der Waals surface area (Å²) in [7, 11) is -3.83. The van der Waals surface area contributed by atoms with Crippen LogP contribution in [0.1, 0.15) is 22.4 Å². The maximum Gasteiger partial charge on any atom is 0.243 e. The minimum absolute atomic E-state index is 0.154. The monoisotopic (exact) mass is 507 g/mol. The third-order valence-electron chi connectivity index (χ3n) is 6.43. The Morgan fingerprint density at radius 2 is 1.81 bits per heavy atom. The molecule has 2 N–H and O–H groups in total. The number of sulfonamides is 1. The number of carbonyl (C=O) groups is 1. The van der Waals surface area contributed by atoms with Crippen LogP contribution in [0.2, 0.25) is 0 Å².